The topological polar surface area (TPSA) is 98.2 Å². The summed E-state index contributed by atoms with van der Waals surface area (Å²) in [6, 6.07) is 18.5. The van der Waals surface area contributed by atoms with E-state index in [0.29, 0.717) is 39.6 Å². The first kappa shape index (κ1) is 22.4. The van der Waals surface area contributed by atoms with E-state index in [0.717, 1.165) is 0 Å². The first-order valence-corrected chi connectivity index (χ1v) is 9.65. The van der Waals surface area contributed by atoms with E-state index >= 15 is 0 Å². The lowest BCUT2D eigenvalue weighted by molar-refractivity contribution is 0.0954. The molecule has 32 heavy (non-hydrogen) atoms. The molecule has 0 bridgehead atoms. The van der Waals surface area contributed by atoms with Gasteiger partial charge in [0.1, 0.15) is 17.2 Å². The molecule has 2 amide bonds. The predicted octanol–water partition coefficient (Wildman–Crippen LogP) is 3.73. The highest BCUT2D eigenvalue weighted by atomic mass is 16.5. The highest BCUT2D eigenvalue weighted by Crippen LogP contribution is 2.23. The van der Waals surface area contributed by atoms with Crippen LogP contribution < -0.4 is 25.0 Å². The molecule has 0 saturated carbocycles. The molecular formula is C24H23N3O5. The Morgan fingerprint density at radius 3 is 1.97 bits per heavy atom. The van der Waals surface area contributed by atoms with Gasteiger partial charge in [-0.05, 0) is 60.7 Å². The molecule has 0 aliphatic rings. The third-order valence-corrected chi connectivity index (χ3v) is 4.57. The molecule has 0 radical (unpaired) electrons. The lowest BCUT2D eigenvalue weighted by Crippen LogP contribution is -2.18. The predicted molar refractivity (Wildman–Crippen MR) is 122 cm³/mol. The summed E-state index contributed by atoms with van der Waals surface area (Å²) in [5.41, 5.74) is 4.61. The summed E-state index contributed by atoms with van der Waals surface area (Å²) in [4.78, 5) is 24.7. The van der Waals surface area contributed by atoms with Crippen molar-refractivity contribution >= 4 is 23.7 Å². The smallest absolute Gasteiger partial charge is 0.271 e. The first-order chi connectivity index (χ1) is 15.5. The van der Waals surface area contributed by atoms with E-state index in [1.807, 2.05) is 0 Å². The zero-order valence-corrected chi connectivity index (χ0v) is 17.9. The van der Waals surface area contributed by atoms with Crippen molar-refractivity contribution in [1.82, 2.24) is 5.43 Å². The zero-order chi connectivity index (χ0) is 22.9. The maximum atomic E-state index is 12.3. The number of nitrogens with one attached hydrogen (secondary N) is 2. The molecule has 0 fully saturated rings. The number of amides is 2. The number of hydrazone groups is 1. The molecule has 3 aromatic carbocycles. The van der Waals surface area contributed by atoms with Gasteiger partial charge in [-0.2, -0.15) is 5.10 Å². The van der Waals surface area contributed by atoms with Crippen molar-refractivity contribution in [2.24, 2.45) is 5.10 Å². The number of methoxy groups -OCH3 is 3. The lowest BCUT2D eigenvalue weighted by atomic mass is 10.1. The summed E-state index contributed by atoms with van der Waals surface area (Å²) < 4.78 is 15.5. The van der Waals surface area contributed by atoms with E-state index in [-0.39, 0.29) is 11.8 Å². The van der Waals surface area contributed by atoms with Gasteiger partial charge >= 0.3 is 0 Å². The molecular weight excluding hydrogens is 410 g/mol. The van der Waals surface area contributed by atoms with Crippen LogP contribution in [-0.4, -0.2) is 39.4 Å². The van der Waals surface area contributed by atoms with Gasteiger partial charge in [-0.3, -0.25) is 9.59 Å². The van der Waals surface area contributed by atoms with Crippen LogP contribution in [0.25, 0.3) is 0 Å². The molecule has 2 N–H and O–H groups in total. The molecule has 0 aliphatic heterocycles. The number of benzene rings is 3. The number of anilines is 1. The van der Waals surface area contributed by atoms with Crippen molar-refractivity contribution in [1.29, 1.82) is 0 Å². The van der Waals surface area contributed by atoms with Crippen molar-refractivity contribution in [3.8, 4) is 17.2 Å². The van der Waals surface area contributed by atoms with E-state index in [2.05, 4.69) is 15.8 Å². The molecule has 0 aromatic heterocycles. The summed E-state index contributed by atoms with van der Waals surface area (Å²) in [5, 5.41) is 6.76. The van der Waals surface area contributed by atoms with Gasteiger partial charge in [0.15, 0.2) is 0 Å². The molecule has 0 saturated heterocycles. The fourth-order valence-corrected chi connectivity index (χ4v) is 2.80. The Balaban J connectivity index is 1.59. The van der Waals surface area contributed by atoms with E-state index in [4.69, 9.17) is 14.2 Å². The molecule has 3 aromatic rings. The van der Waals surface area contributed by atoms with Gasteiger partial charge in [0.2, 0.25) is 0 Å². The number of carbonyl (C=O) groups excluding carboxylic acids is 2. The van der Waals surface area contributed by atoms with Crippen LogP contribution in [0.4, 0.5) is 5.69 Å². The quantitative estimate of drug-likeness (QED) is 0.417. The molecule has 0 heterocycles. The SMILES string of the molecule is COc1ccc(C(=O)Nc2ccc(C(=O)N/N=C\c3ccc(OC)cc3OC)cc2)cc1. The summed E-state index contributed by atoms with van der Waals surface area (Å²) in [7, 11) is 4.67. The second kappa shape index (κ2) is 10.6. The largest absolute Gasteiger partial charge is 0.497 e. The van der Waals surface area contributed by atoms with Gasteiger partial charge in [-0.15, -0.1) is 0 Å². The Kier molecular flexibility index (Phi) is 7.42. The second-order valence-electron chi connectivity index (χ2n) is 6.57. The third-order valence-electron chi connectivity index (χ3n) is 4.57. The average molecular weight is 433 g/mol. The highest BCUT2D eigenvalue weighted by molar-refractivity contribution is 6.04. The van der Waals surface area contributed by atoms with E-state index < -0.39 is 0 Å². The van der Waals surface area contributed by atoms with E-state index in [1.165, 1.54) is 6.21 Å². The summed E-state index contributed by atoms with van der Waals surface area (Å²) >= 11 is 0. The fraction of sp³-hybridized carbons (Fsp3) is 0.125. The molecule has 0 aliphatic carbocycles. The minimum Gasteiger partial charge on any atom is -0.497 e. The summed E-state index contributed by atoms with van der Waals surface area (Å²) in [6.45, 7) is 0. The highest BCUT2D eigenvalue weighted by Gasteiger charge is 2.09. The Bertz CT molecular complexity index is 1110. The molecule has 164 valence electrons. The minimum absolute atomic E-state index is 0.261. The van der Waals surface area contributed by atoms with Gasteiger partial charge in [-0.25, -0.2) is 5.43 Å². The maximum absolute atomic E-state index is 12.3. The van der Waals surface area contributed by atoms with Crippen molar-refractivity contribution in [3.63, 3.8) is 0 Å². The monoisotopic (exact) mass is 433 g/mol. The van der Waals surface area contributed by atoms with E-state index in [1.54, 1.807) is 88.1 Å². The molecule has 8 heteroatoms. The van der Waals surface area contributed by atoms with Crippen LogP contribution in [0.2, 0.25) is 0 Å². The fourth-order valence-electron chi connectivity index (χ4n) is 2.80. The number of hydrogen-bond acceptors (Lipinski definition) is 6. The Hall–Kier alpha value is -4.33. The van der Waals surface area contributed by atoms with Crippen LogP contribution in [0.5, 0.6) is 17.2 Å². The molecule has 0 spiro atoms. The summed E-state index contributed by atoms with van der Waals surface area (Å²) in [5.74, 6) is 1.25. The number of carbonyl (C=O) groups is 2. The van der Waals surface area contributed by atoms with Crippen molar-refractivity contribution in [2.45, 2.75) is 0 Å². The van der Waals surface area contributed by atoms with Gasteiger partial charge in [0.05, 0.1) is 27.5 Å². The standard InChI is InChI=1S/C24H23N3O5/c1-30-20-11-6-16(7-12-20)23(28)26-19-9-4-17(5-10-19)24(29)27-25-15-18-8-13-21(31-2)14-22(18)32-3/h4-15H,1-3H3,(H,26,28)(H,27,29)/b25-15-. The van der Waals surface area contributed by atoms with Crippen LogP contribution >= 0.6 is 0 Å². The van der Waals surface area contributed by atoms with Crippen molar-refractivity contribution in [2.75, 3.05) is 26.6 Å². The van der Waals surface area contributed by atoms with Crippen molar-refractivity contribution in [3.05, 3.63) is 83.4 Å². The normalized spacial score (nSPS) is 10.5. The maximum Gasteiger partial charge on any atom is 0.271 e. The first-order valence-electron chi connectivity index (χ1n) is 9.65. The van der Waals surface area contributed by atoms with Gasteiger partial charge in [-0.1, -0.05) is 0 Å². The lowest BCUT2D eigenvalue weighted by Gasteiger charge is -2.08. The minimum atomic E-state index is -0.387. The summed E-state index contributed by atoms with van der Waals surface area (Å²) in [6.07, 6.45) is 1.49. The molecule has 8 nitrogen and oxygen atoms in total. The van der Waals surface area contributed by atoms with Crippen molar-refractivity contribution < 1.29 is 23.8 Å². The van der Waals surface area contributed by atoms with Crippen LogP contribution in [0.1, 0.15) is 26.3 Å². The third kappa shape index (κ3) is 5.63. The second-order valence-corrected chi connectivity index (χ2v) is 6.57. The number of hydrogen-bond donors (Lipinski definition) is 2. The van der Waals surface area contributed by atoms with Crippen LogP contribution in [-0.2, 0) is 0 Å². The van der Waals surface area contributed by atoms with Crippen LogP contribution in [0, 0.1) is 0 Å². The number of rotatable bonds is 8. The Morgan fingerprint density at radius 2 is 1.34 bits per heavy atom. The number of nitrogens with zero attached hydrogens (tertiary/aromatic N) is 1. The number of ether oxygens (including phenoxy) is 3. The van der Waals surface area contributed by atoms with Crippen LogP contribution in [0.3, 0.4) is 0 Å². The zero-order valence-electron chi connectivity index (χ0n) is 17.9. The Labute approximate surface area is 185 Å². The van der Waals surface area contributed by atoms with Crippen LogP contribution in [0.15, 0.2) is 71.8 Å². The Morgan fingerprint density at radius 1 is 0.750 bits per heavy atom. The molecule has 3 rings (SSSR count). The van der Waals surface area contributed by atoms with Gasteiger partial charge < -0.3 is 19.5 Å². The molecule has 0 unspecified atom stereocenters. The van der Waals surface area contributed by atoms with Gasteiger partial charge in [0.25, 0.3) is 11.8 Å². The van der Waals surface area contributed by atoms with Gasteiger partial charge in [0, 0.05) is 28.4 Å². The average Bonchev–Trinajstić information content (AvgIpc) is 2.84. The van der Waals surface area contributed by atoms with E-state index in [9.17, 15) is 9.59 Å². The molecule has 0 atom stereocenters.